The third-order valence-electron chi connectivity index (χ3n) is 2.52. The van der Waals surface area contributed by atoms with E-state index in [2.05, 4.69) is 12.2 Å². The Kier molecular flexibility index (Phi) is 3.99. The molecule has 2 rings (SSSR count). The fraction of sp³-hybridized carbons (Fsp3) is 0.154. The summed E-state index contributed by atoms with van der Waals surface area (Å²) >= 11 is 4.65. The molecule has 0 aliphatic rings. The van der Waals surface area contributed by atoms with Crippen LogP contribution in [0.2, 0.25) is 0 Å². The molecule has 0 fully saturated rings. The Hall–Kier alpha value is -2.02. The van der Waals surface area contributed by atoms with Crippen LogP contribution in [0.1, 0.15) is 16.9 Å². The molecule has 106 valence electrons. The Morgan fingerprint density at radius 1 is 1.30 bits per heavy atom. The highest BCUT2D eigenvalue weighted by molar-refractivity contribution is 7.80. The molecule has 0 radical (unpaired) electrons. The molecule has 1 aromatic heterocycles. The molecule has 0 spiro atoms. The second-order valence-corrected chi connectivity index (χ2v) is 4.38. The first kappa shape index (κ1) is 14.4. The van der Waals surface area contributed by atoms with Crippen molar-refractivity contribution in [1.82, 2.24) is 0 Å². The van der Waals surface area contributed by atoms with Gasteiger partial charge in [-0.1, -0.05) is 12.2 Å². The molecular weight excluding hydrogens is 291 g/mol. The number of alkyl halides is 3. The summed E-state index contributed by atoms with van der Waals surface area (Å²) in [4.78, 5) is -0.333. The lowest BCUT2D eigenvalue weighted by Gasteiger charge is -2.13. The third-order valence-corrected chi connectivity index (χ3v) is 2.74. The van der Waals surface area contributed by atoms with Gasteiger partial charge in [0.1, 0.15) is 23.1 Å². The number of halogens is 3. The normalized spacial score (nSPS) is 11.3. The second-order valence-electron chi connectivity index (χ2n) is 3.94. The molecule has 3 nitrogen and oxygen atoms in total. The predicted molar refractivity (Wildman–Crippen MR) is 70.4 cm³/mol. The first-order valence-electron chi connectivity index (χ1n) is 5.54. The van der Waals surface area contributed by atoms with E-state index >= 15 is 0 Å². The van der Waals surface area contributed by atoms with E-state index in [9.17, 15) is 13.2 Å². The highest BCUT2D eigenvalue weighted by Crippen LogP contribution is 2.34. The monoisotopic (exact) mass is 301 g/mol. The number of rotatable bonds is 4. The number of furan rings is 1. The zero-order valence-corrected chi connectivity index (χ0v) is 10.9. The summed E-state index contributed by atoms with van der Waals surface area (Å²) in [6.45, 7) is 0.106. The van der Waals surface area contributed by atoms with E-state index in [0.29, 0.717) is 5.76 Å². The average Bonchev–Trinajstić information content (AvgIpc) is 2.88. The van der Waals surface area contributed by atoms with Crippen LogP contribution >= 0.6 is 12.2 Å². The van der Waals surface area contributed by atoms with Gasteiger partial charge in [0.25, 0.3) is 0 Å². The summed E-state index contributed by atoms with van der Waals surface area (Å²) in [6.07, 6.45) is -3.04. The van der Waals surface area contributed by atoms with E-state index in [4.69, 9.17) is 14.9 Å². The lowest BCUT2D eigenvalue weighted by Crippen LogP contribution is -2.18. The molecule has 20 heavy (non-hydrogen) atoms. The minimum absolute atomic E-state index is 0.106. The maximum atomic E-state index is 12.8. The summed E-state index contributed by atoms with van der Waals surface area (Å²) in [7, 11) is 0. The summed E-state index contributed by atoms with van der Waals surface area (Å²) in [5.41, 5.74) is 4.19. The molecule has 0 aliphatic carbocycles. The topological polar surface area (TPSA) is 48.4 Å². The van der Waals surface area contributed by atoms with Gasteiger partial charge in [0, 0.05) is 5.56 Å². The largest absolute Gasteiger partial charge is 0.486 e. The molecule has 0 atom stereocenters. The number of hydrogen-bond acceptors (Lipinski definition) is 3. The quantitative estimate of drug-likeness (QED) is 0.878. The zero-order valence-electron chi connectivity index (χ0n) is 10.1. The highest BCUT2D eigenvalue weighted by Gasteiger charge is 2.34. The minimum atomic E-state index is -4.52. The Bertz CT molecular complexity index is 609. The van der Waals surface area contributed by atoms with E-state index in [-0.39, 0.29) is 22.9 Å². The van der Waals surface area contributed by atoms with E-state index in [1.54, 1.807) is 12.1 Å². The fourth-order valence-corrected chi connectivity index (χ4v) is 1.78. The third kappa shape index (κ3) is 3.30. The fourth-order valence-electron chi connectivity index (χ4n) is 1.61. The van der Waals surface area contributed by atoms with Crippen LogP contribution in [0.15, 0.2) is 41.0 Å². The lowest BCUT2D eigenvalue weighted by atomic mass is 10.1. The summed E-state index contributed by atoms with van der Waals surface area (Å²) in [5.74, 6) is 0.791. The van der Waals surface area contributed by atoms with Crippen molar-refractivity contribution in [3.8, 4) is 5.75 Å². The second kappa shape index (κ2) is 5.54. The number of hydrogen-bond donors (Lipinski definition) is 1. The molecule has 0 saturated carbocycles. The summed E-state index contributed by atoms with van der Waals surface area (Å²) < 4.78 is 48.7. The molecule has 2 aromatic rings. The van der Waals surface area contributed by atoms with Gasteiger partial charge in [-0.25, -0.2) is 0 Å². The molecule has 0 saturated heterocycles. The van der Waals surface area contributed by atoms with Gasteiger partial charge in [0.2, 0.25) is 0 Å². The first-order valence-corrected chi connectivity index (χ1v) is 5.95. The van der Waals surface area contributed by atoms with Crippen molar-refractivity contribution in [2.45, 2.75) is 12.8 Å². The van der Waals surface area contributed by atoms with Gasteiger partial charge in [-0.15, -0.1) is 0 Å². The Labute approximate surface area is 118 Å². The van der Waals surface area contributed by atoms with Crippen molar-refractivity contribution in [2.75, 3.05) is 0 Å². The SMILES string of the molecule is NC(=S)c1cc(OCc2ccco2)ccc1C(F)(F)F. The van der Waals surface area contributed by atoms with Crippen molar-refractivity contribution in [2.24, 2.45) is 5.73 Å². The van der Waals surface area contributed by atoms with E-state index in [1.807, 2.05) is 0 Å². The smallest absolute Gasteiger partial charge is 0.417 e. The molecule has 0 amide bonds. The highest BCUT2D eigenvalue weighted by atomic mass is 32.1. The zero-order chi connectivity index (χ0) is 14.8. The summed E-state index contributed by atoms with van der Waals surface area (Å²) in [6, 6.07) is 6.66. The van der Waals surface area contributed by atoms with Crippen molar-refractivity contribution in [1.29, 1.82) is 0 Å². The van der Waals surface area contributed by atoms with Crippen LogP contribution in [0, 0.1) is 0 Å². The van der Waals surface area contributed by atoms with Gasteiger partial charge in [0.15, 0.2) is 0 Å². The number of ether oxygens (including phenoxy) is 1. The summed E-state index contributed by atoms with van der Waals surface area (Å²) in [5, 5.41) is 0. The molecule has 0 bridgehead atoms. The number of benzene rings is 1. The minimum Gasteiger partial charge on any atom is -0.486 e. The van der Waals surface area contributed by atoms with Crippen LogP contribution in [-0.4, -0.2) is 4.99 Å². The Morgan fingerprint density at radius 2 is 2.05 bits per heavy atom. The number of thiocarbonyl (C=S) groups is 1. The van der Waals surface area contributed by atoms with Gasteiger partial charge in [-0.2, -0.15) is 13.2 Å². The van der Waals surface area contributed by atoms with Crippen LogP contribution in [0.4, 0.5) is 13.2 Å². The van der Waals surface area contributed by atoms with Gasteiger partial charge < -0.3 is 14.9 Å². The molecule has 1 aromatic carbocycles. The molecular formula is C13H10F3NO2S. The van der Waals surface area contributed by atoms with Gasteiger partial charge >= 0.3 is 6.18 Å². The first-order chi connectivity index (χ1) is 9.38. The van der Waals surface area contributed by atoms with Gasteiger partial charge in [-0.3, -0.25) is 0 Å². The standard InChI is InChI=1S/C13H10F3NO2S/c14-13(15,16)11-4-3-8(6-10(11)12(17)20)19-7-9-2-1-5-18-9/h1-6H,7H2,(H2,17,20). The van der Waals surface area contributed by atoms with Crippen molar-refractivity contribution >= 4 is 17.2 Å². The van der Waals surface area contributed by atoms with Gasteiger partial charge in [0.05, 0.1) is 11.8 Å². The van der Waals surface area contributed by atoms with Crippen LogP contribution < -0.4 is 10.5 Å². The van der Waals surface area contributed by atoms with Gasteiger partial charge in [-0.05, 0) is 30.3 Å². The molecule has 2 N–H and O–H groups in total. The Balaban J connectivity index is 2.24. The Morgan fingerprint density at radius 3 is 2.60 bits per heavy atom. The maximum absolute atomic E-state index is 12.8. The average molecular weight is 301 g/mol. The maximum Gasteiger partial charge on any atom is 0.417 e. The predicted octanol–water partition coefficient (Wildman–Crippen LogP) is 3.51. The van der Waals surface area contributed by atoms with E-state index in [0.717, 1.165) is 6.07 Å². The van der Waals surface area contributed by atoms with Crippen molar-refractivity contribution in [3.63, 3.8) is 0 Å². The molecule has 0 aliphatic heterocycles. The molecule has 0 unspecified atom stereocenters. The van der Waals surface area contributed by atoms with Crippen LogP contribution in [0.3, 0.4) is 0 Å². The van der Waals surface area contributed by atoms with Crippen LogP contribution in [-0.2, 0) is 12.8 Å². The number of nitrogens with two attached hydrogens (primary N) is 1. The van der Waals surface area contributed by atoms with Crippen molar-refractivity contribution in [3.05, 3.63) is 53.5 Å². The van der Waals surface area contributed by atoms with Crippen LogP contribution in [0.25, 0.3) is 0 Å². The van der Waals surface area contributed by atoms with Crippen molar-refractivity contribution < 1.29 is 22.3 Å². The lowest BCUT2D eigenvalue weighted by molar-refractivity contribution is -0.137. The molecule has 7 heteroatoms. The van der Waals surface area contributed by atoms with E-state index < -0.39 is 11.7 Å². The van der Waals surface area contributed by atoms with E-state index in [1.165, 1.54) is 18.4 Å². The molecule has 1 heterocycles. The van der Waals surface area contributed by atoms with Crippen LogP contribution in [0.5, 0.6) is 5.75 Å².